The third-order valence-electron chi connectivity index (χ3n) is 4.59. The number of carbonyl (C=O) groups is 1. The molecule has 2 rings (SSSR count). The molecule has 1 fully saturated rings. The van der Waals surface area contributed by atoms with Crippen molar-refractivity contribution in [1.29, 1.82) is 0 Å². The molecule has 5 nitrogen and oxygen atoms in total. The predicted octanol–water partition coefficient (Wildman–Crippen LogP) is 2.72. The summed E-state index contributed by atoms with van der Waals surface area (Å²) in [5, 5.41) is 4.64. The fraction of sp³-hybridized carbons (Fsp3) is 0.778. The van der Waals surface area contributed by atoms with Crippen molar-refractivity contribution >= 4 is 5.91 Å². The Bertz CT molecular complexity index is 551. The summed E-state index contributed by atoms with van der Waals surface area (Å²) in [5.41, 5.74) is 3.49. The summed E-state index contributed by atoms with van der Waals surface area (Å²) in [4.78, 5) is 14.5. The molecule has 0 spiro atoms. The number of aryl methyl sites for hydroxylation is 1. The van der Waals surface area contributed by atoms with Crippen LogP contribution in [0.3, 0.4) is 0 Å². The average Bonchev–Trinajstić information content (AvgIpc) is 2.73. The predicted molar refractivity (Wildman–Crippen MR) is 91.4 cm³/mol. The number of rotatable bonds is 5. The summed E-state index contributed by atoms with van der Waals surface area (Å²) < 4.78 is 7.69. The van der Waals surface area contributed by atoms with Crippen LogP contribution < -0.4 is 0 Å². The second-order valence-corrected chi connectivity index (χ2v) is 7.26. The van der Waals surface area contributed by atoms with Gasteiger partial charge in [0.25, 0.3) is 0 Å². The second kappa shape index (κ2) is 7.47. The number of amides is 1. The summed E-state index contributed by atoms with van der Waals surface area (Å²) in [6.07, 6.45) is 1.45. The summed E-state index contributed by atoms with van der Waals surface area (Å²) in [6.45, 7) is 14.9. The van der Waals surface area contributed by atoms with Crippen molar-refractivity contribution < 1.29 is 9.53 Å². The van der Waals surface area contributed by atoms with Gasteiger partial charge in [0, 0.05) is 25.2 Å². The quantitative estimate of drug-likeness (QED) is 0.838. The van der Waals surface area contributed by atoms with Gasteiger partial charge >= 0.3 is 0 Å². The van der Waals surface area contributed by atoms with Crippen LogP contribution in [-0.2, 0) is 22.5 Å². The largest absolute Gasteiger partial charge is 0.375 e. The zero-order valence-corrected chi connectivity index (χ0v) is 15.4. The number of ether oxygens (including phenoxy) is 1. The zero-order chi connectivity index (χ0) is 17.1. The first-order valence-electron chi connectivity index (χ1n) is 8.73. The topological polar surface area (TPSA) is 47.4 Å². The van der Waals surface area contributed by atoms with Gasteiger partial charge in [0.05, 0.1) is 24.4 Å². The highest BCUT2D eigenvalue weighted by atomic mass is 16.5. The van der Waals surface area contributed by atoms with E-state index in [1.54, 1.807) is 0 Å². The summed E-state index contributed by atoms with van der Waals surface area (Å²) in [5.74, 6) is 0.793. The summed E-state index contributed by atoms with van der Waals surface area (Å²) >= 11 is 0. The zero-order valence-electron chi connectivity index (χ0n) is 15.4. The van der Waals surface area contributed by atoms with Crippen LogP contribution in [0.1, 0.15) is 51.1 Å². The number of aromatic nitrogens is 2. The van der Waals surface area contributed by atoms with Crippen molar-refractivity contribution in [3.63, 3.8) is 0 Å². The van der Waals surface area contributed by atoms with E-state index in [9.17, 15) is 4.79 Å². The van der Waals surface area contributed by atoms with Crippen LogP contribution in [0.2, 0.25) is 0 Å². The number of hydrogen-bond acceptors (Lipinski definition) is 3. The number of nitrogens with zero attached hydrogens (tertiary/aromatic N) is 3. The number of morpholine rings is 1. The third kappa shape index (κ3) is 4.34. The van der Waals surface area contributed by atoms with Gasteiger partial charge in [-0.05, 0) is 45.6 Å². The molecular weight excluding hydrogens is 290 g/mol. The summed E-state index contributed by atoms with van der Waals surface area (Å²) in [6, 6.07) is 0.171. The first-order chi connectivity index (χ1) is 10.8. The maximum absolute atomic E-state index is 12.6. The van der Waals surface area contributed by atoms with Gasteiger partial charge in [-0.3, -0.25) is 9.48 Å². The van der Waals surface area contributed by atoms with E-state index in [-0.39, 0.29) is 18.1 Å². The Morgan fingerprint density at radius 2 is 2.04 bits per heavy atom. The minimum Gasteiger partial charge on any atom is -0.375 e. The lowest BCUT2D eigenvalue weighted by atomic mass is 10.1. The van der Waals surface area contributed by atoms with E-state index in [0.717, 1.165) is 18.7 Å². The first-order valence-corrected chi connectivity index (χ1v) is 8.73. The standard InChI is InChI=1S/C18H31N3O2/c1-12(2)9-21-16(6)17(15(5)19-21)7-8-18(22)20-10-14(4)23-11-13(20)3/h12-14H,7-11H2,1-6H3. The molecular formula is C18H31N3O2. The summed E-state index contributed by atoms with van der Waals surface area (Å²) in [7, 11) is 0. The van der Waals surface area contributed by atoms with Crippen LogP contribution in [0, 0.1) is 19.8 Å². The monoisotopic (exact) mass is 321 g/mol. The van der Waals surface area contributed by atoms with E-state index in [2.05, 4.69) is 37.5 Å². The Kier molecular flexibility index (Phi) is 5.84. The molecule has 1 aromatic heterocycles. The highest BCUT2D eigenvalue weighted by Crippen LogP contribution is 2.19. The smallest absolute Gasteiger partial charge is 0.223 e. The van der Waals surface area contributed by atoms with Crippen LogP contribution in [-0.4, -0.2) is 45.9 Å². The van der Waals surface area contributed by atoms with Gasteiger partial charge in [-0.25, -0.2) is 0 Å². The lowest BCUT2D eigenvalue weighted by Gasteiger charge is -2.37. The van der Waals surface area contributed by atoms with Crippen molar-refractivity contribution in [2.24, 2.45) is 5.92 Å². The maximum atomic E-state index is 12.6. The SMILES string of the molecule is Cc1nn(CC(C)C)c(C)c1CCC(=O)N1CC(C)OCC1C. The van der Waals surface area contributed by atoms with E-state index in [1.807, 2.05) is 18.7 Å². The molecule has 2 heterocycles. The molecule has 0 aromatic carbocycles. The Morgan fingerprint density at radius 1 is 1.35 bits per heavy atom. The minimum absolute atomic E-state index is 0.132. The average molecular weight is 321 g/mol. The molecule has 5 heteroatoms. The van der Waals surface area contributed by atoms with Gasteiger partial charge in [-0.1, -0.05) is 13.8 Å². The fourth-order valence-corrected chi connectivity index (χ4v) is 3.25. The molecule has 0 saturated carbocycles. The minimum atomic E-state index is 0.132. The van der Waals surface area contributed by atoms with Gasteiger partial charge in [0.1, 0.15) is 0 Å². The first kappa shape index (κ1) is 18.0. The van der Waals surface area contributed by atoms with Crippen molar-refractivity contribution in [2.45, 2.75) is 73.1 Å². The Labute approximate surface area is 140 Å². The van der Waals surface area contributed by atoms with E-state index in [4.69, 9.17) is 4.74 Å². The molecule has 130 valence electrons. The molecule has 2 atom stereocenters. The van der Waals surface area contributed by atoms with E-state index >= 15 is 0 Å². The molecule has 0 radical (unpaired) electrons. The molecule has 0 N–H and O–H groups in total. The Hall–Kier alpha value is -1.36. The maximum Gasteiger partial charge on any atom is 0.223 e. The van der Waals surface area contributed by atoms with Crippen molar-refractivity contribution in [3.8, 4) is 0 Å². The van der Waals surface area contributed by atoms with Crippen LogP contribution in [0.4, 0.5) is 0 Å². The Morgan fingerprint density at radius 3 is 2.70 bits per heavy atom. The normalized spacial score (nSPS) is 22.0. The van der Waals surface area contributed by atoms with Gasteiger partial charge in [-0.15, -0.1) is 0 Å². The van der Waals surface area contributed by atoms with Crippen molar-refractivity contribution in [3.05, 3.63) is 17.0 Å². The second-order valence-electron chi connectivity index (χ2n) is 7.26. The van der Waals surface area contributed by atoms with Gasteiger partial charge in [0.15, 0.2) is 0 Å². The molecule has 0 bridgehead atoms. The number of hydrogen-bond donors (Lipinski definition) is 0. The van der Waals surface area contributed by atoms with Crippen LogP contribution in [0.15, 0.2) is 0 Å². The highest BCUT2D eigenvalue weighted by Gasteiger charge is 2.27. The van der Waals surface area contributed by atoms with E-state index in [1.165, 1.54) is 11.3 Å². The molecule has 0 aliphatic carbocycles. The van der Waals surface area contributed by atoms with Crippen LogP contribution >= 0.6 is 0 Å². The highest BCUT2D eigenvalue weighted by molar-refractivity contribution is 5.77. The van der Waals surface area contributed by atoms with Crippen LogP contribution in [0.5, 0.6) is 0 Å². The molecule has 1 aliphatic rings. The lowest BCUT2D eigenvalue weighted by Crippen LogP contribution is -2.50. The van der Waals surface area contributed by atoms with Gasteiger partial charge in [-0.2, -0.15) is 5.10 Å². The molecule has 2 unspecified atom stereocenters. The molecule has 1 aliphatic heterocycles. The number of carbonyl (C=O) groups excluding carboxylic acids is 1. The fourth-order valence-electron chi connectivity index (χ4n) is 3.25. The third-order valence-corrected chi connectivity index (χ3v) is 4.59. The van der Waals surface area contributed by atoms with E-state index in [0.29, 0.717) is 25.5 Å². The lowest BCUT2D eigenvalue weighted by molar-refractivity contribution is -0.143. The van der Waals surface area contributed by atoms with E-state index < -0.39 is 0 Å². The van der Waals surface area contributed by atoms with Gasteiger partial charge < -0.3 is 9.64 Å². The molecule has 1 saturated heterocycles. The van der Waals surface area contributed by atoms with Crippen molar-refractivity contribution in [2.75, 3.05) is 13.2 Å². The van der Waals surface area contributed by atoms with Crippen LogP contribution in [0.25, 0.3) is 0 Å². The molecule has 1 amide bonds. The molecule has 1 aromatic rings. The molecule has 23 heavy (non-hydrogen) atoms. The van der Waals surface area contributed by atoms with Crippen molar-refractivity contribution in [1.82, 2.24) is 14.7 Å². The van der Waals surface area contributed by atoms with Gasteiger partial charge in [0.2, 0.25) is 5.91 Å². The Balaban J connectivity index is 2.00.